The summed E-state index contributed by atoms with van der Waals surface area (Å²) in [5.74, 6) is -2.50. The van der Waals surface area contributed by atoms with E-state index in [2.05, 4.69) is 15.9 Å². The first-order valence-electron chi connectivity index (χ1n) is 4.58. The molecule has 0 saturated carbocycles. The van der Waals surface area contributed by atoms with E-state index in [1.807, 2.05) is 5.32 Å². The monoisotopic (exact) mass is 325 g/mol. The van der Waals surface area contributed by atoms with Gasteiger partial charge in [-0.15, -0.1) is 0 Å². The maximum absolute atomic E-state index is 11.9. The fourth-order valence-corrected chi connectivity index (χ4v) is 1.57. The number of hydrogen-bond donors (Lipinski definition) is 2. The molecule has 0 unspecified atom stereocenters. The van der Waals surface area contributed by atoms with Crippen molar-refractivity contribution < 1.29 is 27.9 Å². The minimum atomic E-state index is -4.60. The van der Waals surface area contributed by atoms with Gasteiger partial charge in [0.05, 0.1) is 5.56 Å². The summed E-state index contributed by atoms with van der Waals surface area (Å²) in [6.45, 7) is 0. The lowest BCUT2D eigenvalue weighted by atomic mass is 10.2. The lowest BCUT2D eigenvalue weighted by Crippen LogP contribution is -2.21. The number of carboxylic acids is 1. The summed E-state index contributed by atoms with van der Waals surface area (Å²) in [6.07, 6.45) is -6.22. The largest absolute Gasteiger partial charge is 0.478 e. The molecule has 2 N–H and O–H groups in total. The molecule has 8 heteroatoms. The molecule has 0 aromatic heterocycles. The van der Waals surface area contributed by atoms with Gasteiger partial charge < -0.3 is 10.4 Å². The maximum Gasteiger partial charge on any atom is 0.397 e. The normalized spacial score (nSPS) is 11.1. The van der Waals surface area contributed by atoms with Crippen molar-refractivity contribution in [1.82, 2.24) is 0 Å². The highest BCUT2D eigenvalue weighted by Crippen LogP contribution is 2.23. The highest BCUT2D eigenvalue weighted by atomic mass is 79.9. The molecule has 0 heterocycles. The van der Waals surface area contributed by atoms with E-state index < -0.39 is 24.5 Å². The van der Waals surface area contributed by atoms with Crippen molar-refractivity contribution in [3.8, 4) is 0 Å². The van der Waals surface area contributed by atoms with Gasteiger partial charge in [0.1, 0.15) is 6.42 Å². The molecule has 0 atom stereocenters. The van der Waals surface area contributed by atoms with Crippen molar-refractivity contribution >= 4 is 33.5 Å². The fraction of sp³-hybridized carbons (Fsp3) is 0.200. The van der Waals surface area contributed by atoms with E-state index in [4.69, 9.17) is 5.11 Å². The molecule has 0 spiro atoms. The first-order chi connectivity index (χ1) is 8.19. The average Bonchev–Trinajstić information content (AvgIpc) is 2.17. The Balaban J connectivity index is 2.83. The molecule has 1 amide bonds. The Hall–Kier alpha value is -1.57. The molecule has 0 aliphatic carbocycles. The third-order valence-electron chi connectivity index (χ3n) is 1.84. The van der Waals surface area contributed by atoms with Gasteiger partial charge in [0.25, 0.3) is 0 Å². The molecular formula is C10H7BrF3NO3. The predicted octanol–water partition coefficient (Wildman–Crippen LogP) is 3.04. The van der Waals surface area contributed by atoms with Gasteiger partial charge in [-0.05, 0) is 34.1 Å². The number of halogens is 4. The third-order valence-corrected chi connectivity index (χ3v) is 2.53. The lowest BCUT2D eigenvalue weighted by molar-refractivity contribution is -0.150. The van der Waals surface area contributed by atoms with Crippen LogP contribution in [0.1, 0.15) is 16.8 Å². The number of nitrogens with one attached hydrogen (secondary N) is 1. The second-order valence-corrected chi connectivity index (χ2v) is 4.19. The number of carbonyl (C=O) groups excluding carboxylic acids is 1. The number of carboxylic acid groups (broad SMARTS) is 1. The van der Waals surface area contributed by atoms with E-state index in [0.717, 1.165) is 6.07 Å². The van der Waals surface area contributed by atoms with Crippen LogP contribution in [-0.4, -0.2) is 23.2 Å². The Kier molecular flexibility index (Phi) is 4.33. The topological polar surface area (TPSA) is 66.4 Å². The van der Waals surface area contributed by atoms with Crippen molar-refractivity contribution in [2.24, 2.45) is 0 Å². The summed E-state index contributed by atoms with van der Waals surface area (Å²) in [4.78, 5) is 21.8. The van der Waals surface area contributed by atoms with Gasteiger partial charge in [0, 0.05) is 10.2 Å². The molecule has 0 aliphatic rings. The minimum Gasteiger partial charge on any atom is -0.478 e. The first kappa shape index (κ1) is 14.5. The molecule has 0 fully saturated rings. The van der Waals surface area contributed by atoms with Crippen LogP contribution >= 0.6 is 15.9 Å². The third kappa shape index (κ3) is 4.36. The van der Waals surface area contributed by atoms with Crippen LogP contribution < -0.4 is 5.32 Å². The summed E-state index contributed by atoms with van der Waals surface area (Å²) in [6, 6.07) is 3.69. The molecule has 98 valence electrons. The molecule has 0 radical (unpaired) electrons. The molecule has 0 saturated heterocycles. The van der Waals surface area contributed by atoms with Gasteiger partial charge in [-0.2, -0.15) is 13.2 Å². The van der Waals surface area contributed by atoms with E-state index in [0.29, 0.717) is 0 Å². The van der Waals surface area contributed by atoms with Crippen molar-refractivity contribution in [3.63, 3.8) is 0 Å². The Bertz CT molecular complexity index is 488. The summed E-state index contributed by atoms with van der Waals surface area (Å²) >= 11 is 2.97. The van der Waals surface area contributed by atoms with Crippen LogP contribution in [0.4, 0.5) is 18.9 Å². The van der Waals surface area contributed by atoms with Gasteiger partial charge in [-0.3, -0.25) is 4.79 Å². The second kappa shape index (κ2) is 5.38. The molecule has 1 aromatic carbocycles. The standard InChI is InChI=1S/C10H7BrF3NO3/c11-7-2-1-5(3-6(7)9(17)18)15-8(16)4-10(12,13)14/h1-3H,4H2,(H,15,16)(H,17,18). The van der Waals surface area contributed by atoms with Crippen LogP contribution in [-0.2, 0) is 4.79 Å². The van der Waals surface area contributed by atoms with E-state index in [1.54, 1.807) is 0 Å². The van der Waals surface area contributed by atoms with Gasteiger partial charge in [0.2, 0.25) is 5.91 Å². The SMILES string of the molecule is O=C(CC(F)(F)F)Nc1ccc(Br)c(C(=O)O)c1. The van der Waals surface area contributed by atoms with E-state index in [-0.39, 0.29) is 15.7 Å². The molecule has 1 rings (SSSR count). The molecule has 4 nitrogen and oxygen atoms in total. The maximum atomic E-state index is 11.9. The van der Waals surface area contributed by atoms with E-state index in [9.17, 15) is 22.8 Å². The van der Waals surface area contributed by atoms with Gasteiger partial charge >= 0.3 is 12.1 Å². The first-order valence-corrected chi connectivity index (χ1v) is 5.38. The number of alkyl halides is 3. The summed E-state index contributed by atoms with van der Waals surface area (Å²) in [7, 11) is 0. The average molecular weight is 326 g/mol. The van der Waals surface area contributed by atoms with Crippen molar-refractivity contribution in [2.75, 3.05) is 5.32 Å². The number of benzene rings is 1. The number of rotatable bonds is 3. The van der Waals surface area contributed by atoms with Crippen molar-refractivity contribution in [2.45, 2.75) is 12.6 Å². The predicted molar refractivity (Wildman–Crippen MR) is 60.4 cm³/mol. The molecule has 0 aliphatic heterocycles. The zero-order valence-corrected chi connectivity index (χ0v) is 10.3. The quantitative estimate of drug-likeness (QED) is 0.897. The van der Waals surface area contributed by atoms with Crippen molar-refractivity contribution in [3.05, 3.63) is 28.2 Å². The van der Waals surface area contributed by atoms with Gasteiger partial charge in [-0.25, -0.2) is 4.79 Å². The Labute approximate surface area is 108 Å². The number of anilines is 1. The van der Waals surface area contributed by atoms with Crippen LogP contribution in [0.3, 0.4) is 0 Å². The van der Waals surface area contributed by atoms with Gasteiger partial charge in [0.15, 0.2) is 0 Å². The van der Waals surface area contributed by atoms with Gasteiger partial charge in [-0.1, -0.05) is 0 Å². The summed E-state index contributed by atoms with van der Waals surface area (Å²) < 4.78 is 36.0. The summed E-state index contributed by atoms with van der Waals surface area (Å²) in [5.41, 5.74) is -0.162. The van der Waals surface area contributed by atoms with E-state index >= 15 is 0 Å². The Morgan fingerprint density at radius 1 is 1.33 bits per heavy atom. The number of amides is 1. The molecule has 1 aromatic rings. The zero-order chi connectivity index (χ0) is 13.9. The highest BCUT2D eigenvalue weighted by molar-refractivity contribution is 9.10. The minimum absolute atomic E-state index is 0.00940. The summed E-state index contributed by atoms with van der Waals surface area (Å²) in [5, 5.41) is 10.8. The molecule has 0 bridgehead atoms. The van der Waals surface area contributed by atoms with E-state index in [1.165, 1.54) is 12.1 Å². The molecule has 18 heavy (non-hydrogen) atoms. The number of hydrogen-bond acceptors (Lipinski definition) is 2. The lowest BCUT2D eigenvalue weighted by Gasteiger charge is -2.09. The Morgan fingerprint density at radius 2 is 1.94 bits per heavy atom. The highest BCUT2D eigenvalue weighted by Gasteiger charge is 2.31. The number of aromatic carboxylic acids is 1. The van der Waals surface area contributed by atoms with Crippen LogP contribution in [0, 0.1) is 0 Å². The number of carbonyl (C=O) groups is 2. The van der Waals surface area contributed by atoms with Crippen LogP contribution in [0.5, 0.6) is 0 Å². The zero-order valence-electron chi connectivity index (χ0n) is 8.71. The van der Waals surface area contributed by atoms with Crippen LogP contribution in [0.15, 0.2) is 22.7 Å². The fourth-order valence-electron chi connectivity index (χ4n) is 1.15. The Morgan fingerprint density at radius 3 is 2.44 bits per heavy atom. The smallest absolute Gasteiger partial charge is 0.397 e. The van der Waals surface area contributed by atoms with Crippen LogP contribution in [0.25, 0.3) is 0 Å². The van der Waals surface area contributed by atoms with Crippen molar-refractivity contribution in [1.29, 1.82) is 0 Å². The van der Waals surface area contributed by atoms with Crippen LogP contribution in [0.2, 0.25) is 0 Å². The second-order valence-electron chi connectivity index (χ2n) is 3.34. The molecular weight excluding hydrogens is 319 g/mol.